The monoisotopic (exact) mass is 277 g/mol. The molecule has 0 heterocycles. The molecule has 2 nitrogen and oxygen atoms in total. The first-order chi connectivity index (χ1) is 9.04. The molecular formula is C15H16FNOS. The number of halogens is 1. The van der Waals surface area contributed by atoms with Gasteiger partial charge in [-0.05, 0) is 56.3 Å². The molecule has 0 saturated carbocycles. The average Bonchev–Trinajstić information content (AvgIpc) is 2.36. The maximum atomic E-state index is 12.8. The van der Waals surface area contributed by atoms with Crippen molar-refractivity contribution in [2.75, 3.05) is 5.73 Å². The Morgan fingerprint density at radius 1 is 1.05 bits per heavy atom. The minimum Gasteiger partial charge on any atom is -0.489 e. The fraction of sp³-hybridized carbons (Fsp3) is 0.200. The molecule has 0 aromatic heterocycles. The van der Waals surface area contributed by atoms with Gasteiger partial charge in [0, 0.05) is 9.79 Å². The third-order valence-electron chi connectivity index (χ3n) is 2.40. The minimum absolute atomic E-state index is 0.0772. The van der Waals surface area contributed by atoms with Crippen LogP contribution in [0.1, 0.15) is 13.8 Å². The summed E-state index contributed by atoms with van der Waals surface area (Å²) >= 11 is 1.54. The van der Waals surface area contributed by atoms with Gasteiger partial charge in [0.25, 0.3) is 0 Å². The summed E-state index contributed by atoms with van der Waals surface area (Å²) in [6.45, 7) is 3.92. The first kappa shape index (κ1) is 13.7. The van der Waals surface area contributed by atoms with Crippen LogP contribution in [0.4, 0.5) is 10.1 Å². The molecule has 0 bridgehead atoms. The summed E-state index contributed by atoms with van der Waals surface area (Å²) in [7, 11) is 0. The Hall–Kier alpha value is -1.68. The van der Waals surface area contributed by atoms with Gasteiger partial charge in [-0.3, -0.25) is 0 Å². The van der Waals surface area contributed by atoms with E-state index in [4.69, 9.17) is 10.5 Å². The Balaban J connectivity index is 2.18. The Kier molecular flexibility index (Phi) is 4.32. The summed E-state index contributed by atoms with van der Waals surface area (Å²) in [6, 6.07) is 12.1. The summed E-state index contributed by atoms with van der Waals surface area (Å²) in [5.41, 5.74) is 6.49. The van der Waals surface area contributed by atoms with Gasteiger partial charge in [0.05, 0.1) is 11.8 Å². The molecule has 0 amide bonds. The number of benzene rings is 2. The van der Waals surface area contributed by atoms with Crippen LogP contribution in [0.25, 0.3) is 0 Å². The zero-order chi connectivity index (χ0) is 13.8. The molecule has 0 spiro atoms. The summed E-state index contributed by atoms with van der Waals surface area (Å²) in [5, 5.41) is 0. The minimum atomic E-state index is -0.231. The van der Waals surface area contributed by atoms with E-state index in [2.05, 4.69) is 0 Å². The lowest BCUT2D eigenvalue weighted by molar-refractivity contribution is 0.243. The third-order valence-corrected chi connectivity index (χ3v) is 3.39. The zero-order valence-electron chi connectivity index (χ0n) is 10.9. The van der Waals surface area contributed by atoms with Crippen LogP contribution in [0.2, 0.25) is 0 Å². The molecule has 0 saturated heterocycles. The number of ether oxygens (including phenoxy) is 1. The van der Waals surface area contributed by atoms with Crippen molar-refractivity contribution in [2.24, 2.45) is 0 Å². The van der Waals surface area contributed by atoms with Crippen LogP contribution in [0.3, 0.4) is 0 Å². The summed E-state index contributed by atoms with van der Waals surface area (Å²) < 4.78 is 18.5. The molecule has 2 aromatic rings. The van der Waals surface area contributed by atoms with E-state index in [1.807, 2.05) is 32.0 Å². The highest BCUT2D eigenvalue weighted by Gasteiger charge is 2.06. The molecule has 2 rings (SSSR count). The van der Waals surface area contributed by atoms with Gasteiger partial charge >= 0.3 is 0 Å². The smallest absolute Gasteiger partial charge is 0.143 e. The second-order valence-corrected chi connectivity index (χ2v) is 5.57. The second-order valence-electron chi connectivity index (χ2n) is 4.42. The van der Waals surface area contributed by atoms with E-state index in [1.165, 1.54) is 12.1 Å². The largest absolute Gasteiger partial charge is 0.489 e. The van der Waals surface area contributed by atoms with Crippen LogP contribution >= 0.6 is 11.8 Å². The molecule has 0 aliphatic heterocycles. The molecule has 0 aliphatic carbocycles. The van der Waals surface area contributed by atoms with Crippen molar-refractivity contribution in [1.29, 1.82) is 0 Å². The molecule has 4 heteroatoms. The van der Waals surface area contributed by atoms with Gasteiger partial charge in [0.2, 0.25) is 0 Å². The standard InChI is InChI=1S/C15H16FNOS/c1-10(2)18-15-9-13(7-8-14(15)17)19-12-5-3-11(16)4-6-12/h3-10H,17H2,1-2H3. The molecular weight excluding hydrogens is 261 g/mol. The highest BCUT2D eigenvalue weighted by molar-refractivity contribution is 7.99. The van der Waals surface area contributed by atoms with Crippen LogP contribution in [0, 0.1) is 5.82 Å². The predicted octanol–water partition coefficient (Wildman–Crippen LogP) is 4.35. The average molecular weight is 277 g/mol. The molecule has 0 unspecified atom stereocenters. The van der Waals surface area contributed by atoms with Gasteiger partial charge in [0.1, 0.15) is 11.6 Å². The summed E-state index contributed by atoms with van der Waals surface area (Å²) in [4.78, 5) is 1.98. The predicted molar refractivity (Wildman–Crippen MR) is 77.1 cm³/mol. The van der Waals surface area contributed by atoms with E-state index in [9.17, 15) is 4.39 Å². The first-order valence-electron chi connectivity index (χ1n) is 6.04. The van der Waals surface area contributed by atoms with Crippen molar-refractivity contribution in [3.63, 3.8) is 0 Å². The number of rotatable bonds is 4. The van der Waals surface area contributed by atoms with Gasteiger partial charge in [0.15, 0.2) is 0 Å². The molecule has 0 fully saturated rings. The number of hydrogen-bond donors (Lipinski definition) is 1. The highest BCUT2D eigenvalue weighted by Crippen LogP contribution is 2.33. The Morgan fingerprint density at radius 3 is 2.32 bits per heavy atom. The van der Waals surface area contributed by atoms with Crippen molar-refractivity contribution in [2.45, 2.75) is 29.7 Å². The highest BCUT2D eigenvalue weighted by atomic mass is 32.2. The maximum Gasteiger partial charge on any atom is 0.143 e. The summed E-state index contributed by atoms with van der Waals surface area (Å²) in [5.74, 6) is 0.451. The SMILES string of the molecule is CC(C)Oc1cc(Sc2ccc(F)cc2)ccc1N. The quantitative estimate of drug-likeness (QED) is 0.844. The van der Waals surface area contributed by atoms with E-state index in [1.54, 1.807) is 23.9 Å². The van der Waals surface area contributed by atoms with E-state index in [0.717, 1.165) is 9.79 Å². The lowest BCUT2D eigenvalue weighted by Crippen LogP contribution is -2.07. The van der Waals surface area contributed by atoms with Crippen molar-refractivity contribution < 1.29 is 9.13 Å². The van der Waals surface area contributed by atoms with Gasteiger partial charge in [-0.2, -0.15) is 0 Å². The molecule has 0 aliphatic rings. The second kappa shape index (κ2) is 5.97. The molecule has 0 radical (unpaired) electrons. The van der Waals surface area contributed by atoms with E-state index >= 15 is 0 Å². The van der Waals surface area contributed by atoms with Gasteiger partial charge in [-0.15, -0.1) is 0 Å². The number of hydrogen-bond acceptors (Lipinski definition) is 3. The number of anilines is 1. The lowest BCUT2D eigenvalue weighted by Gasteiger charge is -2.13. The Labute approximate surface area is 116 Å². The van der Waals surface area contributed by atoms with Crippen LogP contribution in [-0.4, -0.2) is 6.10 Å². The van der Waals surface area contributed by atoms with E-state index in [-0.39, 0.29) is 11.9 Å². The van der Waals surface area contributed by atoms with E-state index < -0.39 is 0 Å². The normalized spacial score (nSPS) is 10.7. The number of nitrogens with two attached hydrogens (primary N) is 1. The molecule has 2 N–H and O–H groups in total. The zero-order valence-corrected chi connectivity index (χ0v) is 11.7. The fourth-order valence-electron chi connectivity index (χ4n) is 1.57. The van der Waals surface area contributed by atoms with Gasteiger partial charge in [-0.1, -0.05) is 11.8 Å². The van der Waals surface area contributed by atoms with Crippen LogP contribution in [0.15, 0.2) is 52.3 Å². The Bertz CT molecular complexity index is 555. The van der Waals surface area contributed by atoms with E-state index in [0.29, 0.717) is 11.4 Å². The fourth-order valence-corrected chi connectivity index (χ4v) is 2.42. The Morgan fingerprint density at radius 2 is 1.68 bits per heavy atom. The van der Waals surface area contributed by atoms with Crippen molar-refractivity contribution >= 4 is 17.4 Å². The van der Waals surface area contributed by atoms with Crippen LogP contribution < -0.4 is 10.5 Å². The van der Waals surface area contributed by atoms with Crippen LogP contribution in [0.5, 0.6) is 5.75 Å². The van der Waals surface area contributed by atoms with Gasteiger partial charge in [-0.25, -0.2) is 4.39 Å². The topological polar surface area (TPSA) is 35.2 Å². The summed E-state index contributed by atoms with van der Waals surface area (Å²) in [6.07, 6.45) is 0.0772. The van der Waals surface area contributed by atoms with Crippen LogP contribution in [-0.2, 0) is 0 Å². The lowest BCUT2D eigenvalue weighted by atomic mass is 10.3. The van der Waals surface area contributed by atoms with Crippen molar-refractivity contribution in [3.05, 3.63) is 48.3 Å². The first-order valence-corrected chi connectivity index (χ1v) is 6.86. The molecule has 2 aromatic carbocycles. The van der Waals surface area contributed by atoms with Crippen molar-refractivity contribution in [3.8, 4) is 5.75 Å². The van der Waals surface area contributed by atoms with Crippen molar-refractivity contribution in [1.82, 2.24) is 0 Å². The molecule has 19 heavy (non-hydrogen) atoms. The van der Waals surface area contributed by atoms with Gasteiger partial charge < -0.3 is 10.5 Å². The number of nitrogen functional groups attached to an aromatic ring is 1. The third kappa shape index (κ3) is 3.89. The molecule has 0 atom stereocenters. The molecule has 100 valence electrons. The maximum absolute atomic E-state index is 12.8.